The number of nitrogens with zero attached hydrogens (tertiary/aromatic N) is 3. The van der Waals surface area contributed by atoms with E-state index in [4.69, 9.17) is 21.6 Å². The molecule has 0 saturated heterocycles. The summed E-state index contributed by atoms with van der Waals surface area (Å²) in [5.74, 6) is 0.999. The number of aromatic nitrogens is 3. The minimum Gasteiger partial charge on any atom is -0.308 e. The molecule has 2 aromatic carbocycles. The highest BCUT2D eigenvalue weighted by molar-refractivity contribution is 9.10. The zero-order valence-corrected chi connectivity index (χ0v) is 20.9. The Balaban J connectivity index is 1.63. The van der Waals surface area contributed by atoms with E-state index in [0.29, 0.717) is 22.9 Å². The molecule has 0 aliphatic rings. The molecule has 2 aromatic heterocycles. The first-order valence-electron chi connectivity index (χ1n) is 10.9. The predicted octanol–water partition coefficient (Wildman–Crippen LogP) is 7.19. The summed E-state index contributed by atoms with van der Waals surface area (Å²) in [5, 5.41) is 6.13. The van der Waals surface area contributed by atoms with Gasteiger partial charge in [-0.25, -0.2) is 14.8 Å². The molecular formula is C25H25BrClN5O. The number of urea groups is 1. The van der Waals surface area contributed by atoms with Gasteiger partial charge < -0.3 is 15.2 Å². The van der Waals surface area contributed by atoms with Crippen LogP contribution in [0.2, 0.25) is 5.02 Å². The van der Waals surface area contributed by atoms with Crippen molar-refractivity contribution in [2.75, 3.05) is 10.6 Å². The van der Waals surface area contributed by atoms with E-state index in [-0.39, 0.29) is 6.03 Å². The van der Waals surface area contributed by atoms with Gasteiger partial charge in [0.2, 0.25) is 0 Å². The highest BCUT2D eigenvalue weighted by Crippen LogP contribution is 2.25. The Bertz CT molecular complexity index is 1290. The number of anilines is 2. The van der Waals surface area contributed by atoms with Crippen LogP contribution in [-0.4, -0.2) is 20.6 Å². The molecule has 0 bridgehead atoms. The third-order valence-corrected chi connectivity index (χ3v) is 6.23. The summed E-state index contributed by atoms with van der Waals surface area (Å²) >= 11 is 9.64. The van der Waals surface area contributed by atoms with Gasteiger partial charge in [-0.1, -0.05) is 65.1 Å². The van der Waals surface area contributed by atoms with Gasteiger partial charge in [0.05, 0.1) is 28.6 Å². The summed E-state index contributed by atoms with van der Waals surface area (Å²) < 4.78 is 3.22. The molecule has 0 saturated carbocycles. The number of rotatable bonds is 7. The van der Waals surface area contributed by atoms with E-state index in [0.717, 1.165) is 46.4 Å². The van der Waals surface area contributed by atoms with Crippen LogP contribution < -0.4 is 10.6 Å². The Morgan fingerprint density at radius 2 is 1.79 bits per heavy atom. The first-order valence-corrected chi connectivity index (χ1v) is 12.1. The van der Waals surface area contributed by atoms with E-state index in [2.05, 4.69) is 50.2 Å². The fourth-order valence-corrected chi connectivity index (χ4v) is 4.06. The van der Waals surface area contributed by atoms with Crippen molar-refractivity contribution in [3.63, 3.8) is 0 Å². The van der Waals surface area contributed by atoms with Crippen molar-refractivity contribution in [3.05, 3.63) is 81.2 Å². The van der Waals surface area contributed by atoms with Gasteiger partial charge in [-0.3, -0.25) is 0 Å². The van der Waals surface area contributed by atoms with Crippen LogP contribution in [0.25, 0.3) is 11.2 Å². The summed E-state index contributed by atoms with van der Waals surface area (Å²) in [6.45, 7) is 4.74. The van der Waals surface area contributed by atoms with Gasteiger partial charge in [-0.2, -0.15) is 0 Å². The number of pyridine rings is 1. The standard InChI is InChI=1S/C25H25BrClN5O/c1-3-4-9-23-29-22-14-21(31-25(33)30-20-8-6-5-7-19(20)27)16(2)28-24(22)32(23)15-17-10-12-18(26)13-11-17/h5-8,10-14H,3-4,9,15H2,1-2H3,(H2,30,31,33). The van der Waals surface area contributed by atoms with Crippen molar-refractivity contribution in [1.29, 1.82) is 0 Å². The Hall–Kier alpha value is -2.90. The zero-order chi connectivity index (χ0) is 23.4. The smallest absolute Gasteiger partial charge is 0.308 e. The third-order valence-electron chi connectivity index (χ3n) is 5.37. The lowest BCUT2D eigenvalue weighted by molar-refractivity contribution is 0.262. The number of carbonyl (C=O) groups excluding carboxylic acids is 1. The zero-order valence-electron chi connectivity index (χ0n) is 18.5. The number of carbonyl (C=O) groups is 1. The maximum atomic E-state index is 12.6. The molecular weight excluding hydrogens is 502 g/mol. The molecule has 6 nitrogen and oxygen atoms in total. The Morgan fingerprint density at radius 3 is 2.52 bits per heavy atom. The highest BCUT2D eigenvalue weighted by atomic mass is 79.9. The largest absolute Gasteiger partial charge is 0.323 e. The number of unbranched alkanes of at least 4 members (excludes halogenated alkanes) is 1. The molecule has 170 valence electrons. The summed E-state index contributed by atoms with van der Waals surface area (Å²) in [7, 11) is 0. The number of hydrogen-bond donors (Lipinski definition) is 2. The monoisotopic (exact) mass is 525 g/mol. The minimum atomic E-state index is -0.382. The average molecular weight is 527 g/mol. The topological polar surface area (TPSA) is 71.8 Å². The minimum absolute atomic E-state index is 0.382. The fourth-order valence-electron chi connectivity index (χ4n) is 3.61. The molecule has 0 spiro atoms. The van der Waals surface area contributed by atoms with Gasteiger partial charge in [-0.15, -0.1) is 0 Å². The SMILES string of the molecule is CCCCc1nc2cc(NC(=O)Nc3ccccc3Cl)c(C)nc2n1Cc1ccc(Br)cc1. The maximum Gasteiger partial charge on any atom is 0.323 e. The second-order valence-electron chi connectivity index (χ2n) is 7.87. The quantitative estimate of drug-likeness (QED) is 0.268. The Kier molecular flexibility index (Phi) is 7.30. The van der Waals surface area contributed by atoms with E-state index in [1.165, 1.54) is 5.56 Å². The van der Waals surface area contributed by atoms with Crippen LogP contribution in [0.4, 0.5) is 16.2 Å². The maximum absolute atomic E-state index is 12.6. The Labute approximate surface area is 206 Å². The number of fused-ring (bicyclic) bond motifs is 1. The second-order valence-corrected chi connectivity index (χ2v) is 9.19. The second kappa shape index (κ2) is 10.4. The van der Waals surface area contributed by atoms with Gasteiger partial charge in [-0.05, 0) is 49.2 Å². The van der Waals surface area contributed by atoms with Crippen LogP contribution in [0, 0.1) is 6.92 Å². The van der Waals surface area contributed by atoms with Crippen LogP contribution in [-0.2, 0) is 13.0 Å². The van der Waals surface area contributed by atoms with Crippen molar-refractivity contribution in [3.8, 4) is 0 Å². The van der Waals surface area contributed by atoms with Crippen molar-refractivity contribution in [2.24, 2.45) is 0 Å². The molecule has 2 heterocycles. The van der Waals surface area contributed by atoms with Crippen molar-refractivity contribution >= 4 is 56.1 Å². The lowest BCUT2D eigenvalue weighted by Crippen LogP contribution is -2.20. The lowest BCUT2D eigenvalue weighted by atomic mass is 10.2. The van der Waals surface area contributed by atoms with Gasteiger partial charge in [0, 0.05) is 10.9 Å². The number of amides is 2. The molecule has 0 radical (unpaired) electrons. The highest BCUT2D eigenvalue weighted by Gasteiger charge is 2.16. The number of imidazole rings is 1. The first kappa shape index (κ1) is 23.3. The van der Waals surface area contributed by atoms with Gasteiger partial charge in [0.25, 0.3) is 0 Å². The number of para-hydroxylation sites is 1. The fraction of sp³-hybridized carbons (Fsp3) is 0.240. The van der Waals surface area contributed by atoms with Crippen molar-refractivity contribution < 1.29 is 4.79 Å². The Morgan fingerprint density at radius 1 is 1.06 bits per heavy atom. The van der Waals surface area contributed by atoms with Gasteiger partial charge in [0.1, 0.15) is 11.3 Å². The van der Waals surface area contributed by atoms with Crippen LogP contribution in [0.15, 0.2) is 59.1 Å². The molecule has 0 aliphatic carbocycles. The summed E-state index contributed by atoms with van der Waals surface area (Å²) in [6, 6.07) is 16.9. The molecule has 2 amide bonds. The molecule has 4 rings (SSSR count). The first-order chi connectivity index (χ1) is 15.9. The molecule has 0 aliphatic heterocycles. The van der Waals surface area contributed by atoms with Crippen LogP contribution >= 0.6 is 27.5 Å². The van der Waals surface area contributed by atoms with Crippen LogP contribution in [0.5, 0.6) is 0 Å². The number of aryl methyl sites for hydroxylation is 2. The number of halogens is 2. The van der Waals surface area contributed by atoms with E-state index in [9.17, 15) is 4.79 Å². The van der Waals surface area contributed by atoms with E-state index in [1.54, 1.807) is 12.1 Å². The van der Waals surface area contributed by atoms with Gasteiger partial charge >= 0.3 is 6.03 Å². The van der Waals surface area contributed by atoms with Crippen molar-refractivity contribution in [1.82, 2.24) is 14.5 Å². The molecule has 8 heteroatoms. The molecule has 4 aromatic rings. The van der Waals surface area contributed by atoms with E-state index < -0.39 is 0 Å². The number of benzene rings is 2. The van der Waals surface area contributed by atoms with E-state index >= 15 is 0 Å². The third kappa shape index (κ3) is 5.54. The van der Waals surface area contributed by atoms with E-state index in [1.807, 2.05) is 37.3 Å². The molecule has 0 atom stereocenters. The van der Waals surface area contributed by atoms with Crippen LogP contribution in [0.3, 0.4) is 0 Å². The molecule has 33 heavy (non-hydrogen) atoms. The summed E-state index contributed by atoms with van der Waals surface area (Å²) in [5.41, 5.74) is 4.63. The van der Waals surface area contributed by atoms with Crippen LogP contribution in [0.1, 0.15) is 36.8 Å². The van der Waals surface area contributed by atoms with Crippen molar-refractivity contribution in [2.45, 2.75) is 39.7 Å². The number of hydrogen-bond acceptors (Lipinski definition) is 3. The summed E-state index contributed by atoms with van der Waals surface area (Å²) in [4.78, 5) is 22.3. The number of nitrogens with one attached hydrogen (secondary N) is 2. The van der Waals surface area contributed by atoms with Gasteiger partial charge in [0.15, 0.2) is 5.65 Å². The predicted molar refractivity (Wildman–Crippen MR) is 138 cm³/mol. The molecule has 2 N–H and O–H groups in total. The average Bonchev–Trinajstić information content (AvgIpc) is 3.11. The molecule has 0 fully saturated rings. The molecule has 0 unspecified atom stereocenters. The normalized spacial score (nSPS) is 11.0. The summed E-state index contributed by atoms with van der Waals surface area (Å²) in [6.07, 6.45) is 3.01. The lowest BCUT2D eigenvalue weighted by Gasteiger charge is -2.12.